The number of carbonyl (C=O) groups is 2. The molecule has 0 fully saturated rings. The van der Waals surface area contributed by atoms with Crippen molar-refractivity contribution in [2.75, 3.05) is 25.5 Å². The van der Waals surface area contributed by atoms with Crippen molar-refractivity contribution in [2.45, 2.75) is 34.6 Å². The Morgan fingerprint density at radius 3 is 2.44 bits per heavy atom. The standard InChI is InChI=1S/C21H28N2O3S/c1-14-9-7-8-10-16(14)26-12-11-23(6)19(24)18-15(2)13-17(27-18)22-20(25)21(3,4)5/h7-10,13H,11-12H2,1-6H3,(H,22,25). The fraction of sp³-hybridized carbons (Fsp3) is 0.429. The van der Waals surface area contributed by atoms with Crippen LogP contribution in [0, 0.1) is 19.3 Å². The summed E-state index contributed by atoms with van der Waals surface area (Å²) in [5, 5.41) is 3.59. The molecule has 0 spiro atoms. The molecule has 2 rings (SSSR count). The molecule has 0 aliphatic rings. The third kappa shape index (κ3) is 5.57. The number of nitrogens with zero attached hydrogens (tertiary/aromatic N) is 1. The van der Waals surface area contributed by atoms with Gasteiger partial charge in [-0.3, -0.25) is 9.59 Å². The van der Waals surface area contributed by atoms with E-state index in [0.717, 1.165) is 16.9 Å². The van der Waals surface area contributed by atoms with Gasteiger partial charge in [-0.1, -0.05) is 39.0 Å². The minimum absolute atomic E-state index is 0.0669. The third-order valence-corrected chi connectivity index (χ3v) is 5.30. The Labute approximate surface area is 165 Å². The maximum atomic E-state index is 12.7. The second-order valence-electron chi connectivity index (χ2n) is 7.67. The van der Waals surface area contributed by atoms with Gasteiger partial charge in [-0.2, -0.15) is 0 Å². The molecule has 1 N–H and O–H groups in total. The number of likely N-dealkylation sites (N-methyl/N-ethyl adjacent to an activating group) is 1. The number of carbonyl (C=O) groups excluding carboxylic acids is 2. The first-order valence-electron chi connectivity index (χ1n) is 8.95. The normalized spacial score (nSPS) is 11.2. The van der Waals surface area contributed by atoms with Crippen LogP contribution in [-0.4, -0.2) is 36.9 Å². The molecule has 5 nitrogen and oxygen atoms in total. The molecule has 0 saturated heterocycles. The summed E-state index contributed by atoms with van der Waals surface area (Å²) in [5.41, 5.74) is 1.45. The predicted octanol–water partition coefficient (Wildman–Crippen LogP) is 4.50. The van der Waals surface area contributed by atoms with Crippen LogP contribution in [0.2, 0.25) is 0 Å². The monoisotopic (exact) mass is 388 g/mol. The van der Waals surface area contributed by atoms with Gasteiger partial charge in [-0.25, -0.2) is 0 Å². The summed E-state index contributed by atoms with van der Waals surface area (Å²) in [4.78, 5) is 27.2. The molecule has 0 aliphatic carbocycles. The second-order valence-corrected chi connectivity index (χ2v) is 8.72. The van der Waals surface area contributed by atoms with Crippen LogP contribution in [0.5, 0.6) is 5.75 Å². The van der Waals surface area contributed by atoms with E-state index in [0.29, 0.717) is 23.0 Å². The fourth-order valence-corrected chi connectivity index (χ4v) is 3.40. The summed E-state index contributed by atoms with van der Waals surface area (Å²) in [6, 6.07) is 9.66. The topological polar surface area (TPSA) is 58.6 Å². The van der Waals surface area contributed by atoms with Crippen molar-refractivity contribution < 1.29 is 14.3 Å². The molecule has 6 heteroatoms. The Balaban J connectivity index is 1.96. The van der Waals surface area contributed by atoms with Crippen LogP contribution in [0.1, 0.15) is 41.6 Å². The first-order valence-corrected chi connectivity index (χ1v) is 9.77. The van der Waals surface area contributed by atoms with E-state index in [1.807, 2.05) is 65.0 Å². The first kappa shape index (κ1) is 21.0. The number of amides is 2. The molecule has 0 atom stereocenters. The van der Waals surface area contributed by atoms with E-state index in [-0.39, 0.29) is 11.8 Å². The second kappa shape index (κ2) is 8.57. The lowest BCUT2D eigenvalue weighted by Crippen LogP contribution is -2.30. The molecule has 0 radical (unpaired) electrons. The number of nitrogens with one attached hydrogen (secondary N) is 1. The summed E-state index contributed by atoms with van der Waals surface area (Å²) in [5.74, 6) is 0.697. The van der Waals surface area contributed by atoms with Gasteiger partial charge in [0.1, 0.15) is 12.4 Å². The fourth-order valence-electron chi connectivity index (χ4n) is 2.34. The Kier molecular flexibility index (Phi) is 6.65. The smallest absolute Gasteiger partial charge is 0.264 e. The number of rotatable bonds is 6. The van der Waals surface area contributed by atoms with Crippen molar-refractivity contribution in [3.63, 3.8) is 0 Å². The number of ether oxygens (including phenoxy) is 1. The largest absolute Gasteiger partial charge is 0.491 e. The highest BCUT2D eigenvalue weighted by Gasteiger charge is 2.23. The van der Waals surface area contributed by atoms with Crippen molar-refractivity contribution in [1.82, 2.24) is 4.90 Å². The van der Waals surface area contributed by atoms with Gasteiger partial charge in [-0.15, -0.1) is 11.3 Å². The minimum atomic E-state index is -0.480. The predicted molar refractivity (Wildman–Crippen MR) is 111 cm³/mol. The molecule has 0 unspecified atom stereocenters. The van der Waals surface area contributed by atoms with Crippen molar-refractivity contribution in [3.05, 3.63) is 46.3 Å². The summed E-state index contributed by atoms with van der Waals surface area (Å²) in [6.45, 7) is 10.4. The molecule has 1 heterocycles. The zero-order valence-electron chi connectivity index (χ0n) is 16.9. The van der Waals surface area contributed by atoms with Gasteiger partial charge in [0, 0.05) is 12.5 Å². The molecule has 2 aromatic rings. The lowest BCUT2D eigenvalue weighted by molar-refractivity contribution is -0.123. The number of benzene rings is 1. The van der Waals surface area contributed by atoms with E-state index < -0.39 is 5.41 Å². The summed E-state index contributed by atoms with van der Waals surface area (Å²) in [6.07, 6.45) is 0. The number of para-hydroxylation sites is 1. The molecule has 1 aromatic heterocycles. The van der Waals surface area contributed by atoms with E-state index >= 15 is 0 Å². The van der Waals surface area contributed by atoms with Gasteiger partial charge in [0.2, 0.25) is 5.91 Å². The third-order valence-electron chi connectivity index (χ3n) is 4.15. The zero-order chi connectivity index (χ0) is 20.2. The number of anilines is 1. The molecular formula is C21H28N2O3S. The summed E-state index contributed by atoms with van der Waals surface area (Å²) < 4.78 is 5.77. The highest BCUT2D eigenvalue weighted by Crippen LogP contribution is 2.29. The lowest BCUT2D eigenvalue weighted by Gasteiger charge is -2.18. The van der Waals surface area contributed by atoms with Crippen LogP contribution in [0.4, 0.5) is 5.00 Å². The van der Waals surface area contributed by atoms with E-state index in [2.05, 4.69) is 5.32 Å². The summed E-state index contributed by atoms with van der Waals surface area (Å²) >= 11 is 1.31. The van der Waals surface area contributed by atoms with Gasteiger partial charge in [-0.05, 0) is 37.1 Å². The van der Waals surface area contributed by atoms with Crippen LogP contribution in [-0.2, 0) is 4.79 Å². The van der Waals surface area contributed by atoms with Crippen molar-refractivity contribution in [3.8, 4) is 5.75 Å². The van der Waals surface area contributed by atoms with Crippen molar-refractivity contribution in [1.29, 1.82) is 0 Å². The van der Waals surface area contributed by atoms with Crippen molar-refractivity contribution >= 4 is 28.2 Å². The minimum Gasteiger partial charge on any atom is -0.491 e. The summed E-state index contributed by atoms with van der Waals surface area (Å²) in [7, 11) is 1.76. The Morgan fingerprint density at radius 1 is 1.15 bits per heavy atom. The zero-order valence-corrected chi connectivity index (χ0v) is 17.7. The molecule has 0 aliphatic heterocycles. The van der Waals surface area contributed by atoms with Crippen LogP contribution < -0.4 is 10.1 Å². The van der Waals surface area contributed by atoms with E-state index in [1.165, 1.54) is 11.3 Å². The van der Waals surface area contributed by atoms with Crippen molar-refractivity contribution in [2.24, 2.45) is 5.41 Å². The molecule has 0 saturated carbocycles. The molecule has 1 aromatic carbocycles. The Hall–Kier alpha value is -2.34. The van der Waals surface area contributed by atoms with Gasteiger partial charge in [0.15, 0.2) is 0 Å². The van der Waals surface area contributed by atoms with Crippen LogP contribution in [0.15, 0.2) is 30.3 Å². The van der Waals surface area contributed by atoms with E-state index in [1.54, 1.807) is 11.9 Å². The Morgan fingerprint density at radius 2 is 1.81 bits per heavy atom. The lowest BCUT2D eigenvalue weighted by atomic mass is 9.96. The molecule has 27 heavy (non-hydrogen) atoms. The van der Waals surface area contributed by atoms with E-state index in [4.69, 9.17) is 4.74 Å². The Bertz CT molecular complexity index is 821. The molecular weight excluding hydrogens is 360 g/mol. The van der Waals surface area contributed by atoms with Gasteiger partial charge >= 0.3 is 0 Å². The average molecular weight is 389 g/mol. The molecule has 146 valence electrons. The average Bonchev–Trinajstić information content (AvgIpc) is 2.95. The van der Waals surface area contributed by atoms with Gasteiger partial charge in [0.05, 0.1) is 16.4 Å². The van der Waals surface area contributed by atoms with Gasteiger partial charge < -0.3 is 15.0 Å². The maximum Gasteiger partial charge on any atom is 0.264 e. The quantitative estimate of drug-likeness (QED) is 0.793. The van der Waals surface area contributed by atoms with E-state index in [9.17, 15) is 9.59 Å². The SMILES string of the molecule is Cc1ccccc1OCCN(C)C(=O)c1sc(NC(=O)C(C)(C)C)cc1C. The molecule has 2 amide bonds. The number of hydrogen-bond acceptors (Lipinski definition) is 4. The highest BCUT2D eigenvalue weighted by atomic mass is 32.1. The first-order chi connectivity index (χ1) is 12.6. The van der Waals surface area contributed by atoms with Gasteiger partial charge in [0.25, 0.3) is 5.91 Å². The van der Waals surface area contributed by atoms with Crippen LogP contribution in [0.25, 0.3) is 0 Å². The molecule has 0 bridgehead atoms. The van der Waals surface area contributed by atoms with Crippen LogP contribution in [0.3, 0.4) is 0 Å². The van der Waals surface area contributed by atoms with Crippen LogP contribution >= 0.6 is 11.3 Å². The maximum absolute atomic E-state index is 12.7. The number of thiophene rings is 1. The number of aryl methyl sites for hydroxylation is 2. The highest BCUT2D eigenvalue weighted by molar-refractivity contribution is 7.18. The number of hydrogen-bond donors (Lipinski definition) is 1.